The van der Waals surface area contributed by atoms with Crippen LogP contribution < -0.4 is 0 Å². The number of aliphatic hydroxyl groups is 4. The topological polar surface area (TPSA) is 269 Å². The number of esters is 2. The SMILES string of the molecule is CCCCC/C=C\C/C=C\C/C=C\CCCCCCC(=O)OC[C@H](COP(=O)(O)O[C@H]1C(O)C(O)C(O)[C@@H](OP(=O)(O)O)C1O)OC(=O)CCCCCCCC1OC1C/C=C\CCCCC. The van der Waals surface area contributed by atoms with Crippen LogP contribution in [0.2, 0.25) is 0 Å². The van der Waals surface area contributed by atoms with Gasteiger partial charge in [-0.15, -0.1) is 0 Å². The lowest BCUT2D eigenvalue weighted by Gasteiger charge is -2.43. The second kappa shape index (κ2) is 35.1. The molecule has 0 aromatic heterocycles. The van der Waals surface area contributed by atoms with Gasteiger partial charge in [-0.25, -0.2) is 9.13 Å². The van der Waals surface area contributed by atoms with Crippen LogP contribution >= 0.6 is 15.6 Å². The molecular weight excluding hydrogens is 898 g/mol. The largest absolute Gasteiger partial charge is 0.472 e. The molecule has 0 aromatic rings. The van der Waals surface area contributed by atoms with Crippen molar-refractivity contribution in [3.05, 3.63) is 48.6 Å². The van der Waals surface area contributed by atoms with Crippen molar-refractivity contribution < 1.29 is 81.6 Å². The Labute approximate surface area is 392 Å². The third-order valence-electron chi connectivity index (χ3n) is 11.3. The number of allylic oxidation sites excluding steroid dienone is 7. The number of unbranched alkanes of at least 4 members (excludes halogenated alkanes) is 14. The first kappa shape index (κ1) is 60.0. The maximum atomic E-state index is 13.0. The van der Waals surface area contributed by atoms with Crippen molar-refractivity contribution in [3.63, 3.8) is 0 Å². The van der Waals surface area contributed by atoms with Gasteiger partial charge in [-0.05, 0) is 77.0 Å². The molecule has 1 aliphatic carbocycles. The predicted octanol–water partition coefficient (Wildman–Crippen LogP) is 8.27. The summed E-state index contributed by atoms with van der Waals surface area (Å²) >= 11 is 0. The predicted molar refractivity (Wildman–Crippen MR) is 250 cm³/mol. The summed E-state index contributed by atoms with van der Waals surface area (Å²) in [5.41, 5.74) is 0. The average Bonchev–Trinajstić information content (AvgIpc) is 4.03. The Hall–Kier alpha value is -2.08. The van der Waals surface area contributed by atoms with Gasteiger partial charge in [0.05, 0.1) is 18.8 Å². The number of phosphoric acid groups is 2. The van der Waals surface area contributed by atoms with Gasteiger partial charge in [0.2, 0.25) is 0 Å². The molecule has 1 saturated heterocycles. The molecule has 382 valence electrons. The number of rotatable bonds is 39. The lowest BCUT2D eigenvalue weighted by Crippen LogP contribution is -2.64. The van der Waals surface area contributed by atoms with Crippen LogP contribution in [0.15, 0.2) is 48.6 Å². The average molecular weight is 981 g/mol. The van der Waals surface area contributed by atoms with Crippen LogP contribution in [0.4, 0.5) is 0 Å². The van der Waals surface area contributed by atoms with Crippen molar-refractivity contribution >= 4 is 27.6 Å². The number of carbonyl (C=O) groups excluding carboxylic acids is 2. The van der Waals surface area contributed by atoms with E-state index in [-0.39, 0.29) is 12.8 Å². The van der Waals surface area contributed by atoms with Gasteiger partial charge in [0, 0.05) is 12.8 Å². The fraction of sp³-hybridized carbons (Fsp3) is 0.787. The Morgan fingerprint density at radius 1 is 0.561 bits per heavy atom. The summed E-state index contributed by atoms with van der Waals surface area (Å²) in [6.07, 6.45) is 25.1. The molecule has 0 bridgehead atoms. The molecule has 10 atom stereocenters. The van der Waals surface area contributed by atoms with E-state index in [1.807, 2.05) is 0 Å². The molecule has 0 radical (unpaired) electrons. The summed E-state index contributed by atoms with van der Waals surface area (Å²) in [7, 11) is -10.7. The smallest absolute Gasteiger partial charge is 0.462 e. The minimum Gasteiger partial charge on any atom is -0.462 e. The highest BCUT2D eigenvalue weighted by atomic mass is 31.2. The highest BCUT2D eigenvalue weighted by molar-refractivity contribution is 7.47. The van der Waals surface area contributed by atoms with Gasteiger partial charge in [-0.1, -0.05) is 127 Å². The molecule has 2 rings (SSSR count). The molecule has 0 spiro atoms. The number of aliphatic hydroxyl groups excluding tert-OH is 4. The van der Waals surface area contributed by atoms with E-state index in [4.69, 9.17) is 23.3 Å². The monoisotopic (exact) mass is 981 g/mol. The lowest BCUT2D eigenvalue weighted by atomic mass is 9.85. The normalized spacial score (nSPS) is 25.0. The van der Waals surface area contributed by atoms with Gasteiger partial charge >= 0.3 is 27.6 Å². The zero-order valence-corrected chi connectivity index (χ0v) is 41.1. The number of epoxide rings is 1. The molecular formula is C47H82O17P2. The summed E-state index contributed by atoms with van der Waals surface area (Å²) in [6, 6.07) is 0. The molecule has 0 amide bonds. The Kier molecular flexibility index (Phi) is 31.9. The van der Waals surface area contributed by atoms with Crippen molar-refractivity contribution in [1.29, 1.82) is 0 Å². The molecule has 0 aromatic carbocycles. The quantitative estimate of drug-likeness (QED) is 0.0100. The van der Waals surface area contributed by atoms with Gasteiger partial charge in [-0.2, -0.15) is 0 Å². The van der Waals surface area contributed by atoms with Crippen LogP contribution in [0.25, 0.3) is 0 Å². The summed E-state index contributed by atoms with van der Waals surface area (Å²) in [6.45, 7) is 3.01. The van der Waals surface area contributed by atoms with Gasteiger partial charge in [0.1, 0.15) is 43.2 Å². The number of carbonyl (C=O) groups is 2. The van der Waals surface area contributed by atoms with Gasteiger partial charge in [-0.3, -0.25) is 23.2 Å². The van der Waals surface area contributed by atoms with Crippen LogP contribution in [0.1, 0.15) is 168 Å². The molecule has 7 unspecified atom stereocenters. The van der Waals surface area contributed by atoms with E-state index in [1.165, 1.54) is 38.5 Å². The summed E-state index contributed by atoms with van der Waals surface area (Å²) in [5, 5.41) is 41.3. The highest BCUT2D eigenvalue weighted by Gasteiger charge is 2.54. The van der Waals surface area contributed by atoms with Crippen LogP contribution in [0.3, 0.4) is 0 Å². The van der Waals surface area contributed by atoms with Crippen LogP contribution in [0, 0.1) is 0 Å². The number of phosphoric ester groups is 2. The molecule has 19 heteroatoms. The summed E-state index contributed by atoms with van der Waals surface area (Å²) < 4.78 is 55.2. The Bertz CT molecular complexity index is 1530. The number of ether oxygens (including phenoxy) is 3. The van der Waals surface area contributed by atoms with Gasteiger partial charge < -0.3 is 49.3 Å². The van der Waals surface area contributed by atoms with Gasteiger partial charge in [0.25, 0.3) is 0 Å². The van der Waals surface area contributed by atoms with Crippen molar-refractivity contribution in [1.82, 2.24) is 0 Å². The molecule has 1 aliphatic heterocycles. The summed E-state index contributed by atoms with van der Waals surface area (Å²) in [5.74, 6) is -1.26. The first-order chi connectivity index (χ1) is 31.6. The van der Waals surface area contributed by atoms with E-state index in [0.717, 1.165) is 89.9 Å². The maximum Gasteiger partial charge on any atom is 0.472 e. The third kappa shape index (κ3) is 28.4. The molecule has 1 heterocycles. The van der Waals surface area contributed by atoms with Crippen molar-refractivity contribution in [2.75, 3.05) is 13.2 Å². The van der Waals surface area contributed by atoms with Crippen molar-refractivity contribution in [2.45, 2.75) is 223 Å². The molecule has 2 fully saturated rings. The first-order valence-electron chi connectivity index (χ1n) is 24.3. The number of hydrogen-bond acceptors (Lipinski definition) is 14. The Balaban J connectivity index is 1.80. The highest BCUT2D eigenvalue weighted by Crippen LogP contribution is 2.49. The second-order valence-corrected chi connectivity index (χ2v) is 19.8. The Morgan fingerprint density at radius 3 is 1.65 bits per heavy atom. The van der Waals surface area contributed by atoms with Gasteiger partial charge in [0.15, 0.2) is 6.10 Å². The summed E-state index contributed by atoms with van der Waals surface area (Å²) in [4.78, 5) is 54.4. The van der Waals surface area contributed by atoms with E-state index in [0.29, 0.717) is 25.0 Å². The molecule has 17 nitrogen and oxygen atoms in total. The maximum absolute atomic E-state index is 13.0. The molecule has 2 aliphatic rings. The fourth-order valence-corrected chi connectivity index (χ4v) is 8.93. The number of hydrogen-bond donors (Lipinski definition) is 7. The standard InChI is InChI=1S/C47H82O17P2/c1-3-5-7-9-11-12-13-14-15-16-17-18-19-20-21-25-29-33-40(48)59-35-37(36-60-66(57,58)64-47-44(52)42(50)43(51)46(45(47)53)63-65(54,55)56)61-41(49)34-30-26-22-24-28-32-39-38(62-39)31-27-23-10-8-6-4-2/h11-12,14-15,17-18,23,27,37-39,42-47,50-53H,3-10,13,16,19-22,24-26,28-36H2,1-2H3,(H,57,58)(H2,54,55,56)/b12-11-,15-14-,18-17-,27-23-/t37-,38?,39?,42?,43?,44?,45?,46-,47+/m1/s1. The third-order valence-corrected chi connectivity index (χ3v) is 12.8. The van der Waals surface area contributed by atoms with E-state index in [9.17, 15) is 53.8 Å². The minimum atomic E-state index is -5.37. The van der Waals surface area contributed by atoms with Crippen LogP contribution in [0.5, 0.6) is 0 Å². The van der Waals surface area contributed by atoms with E-state index in [1.54, 1.807) is 0 Å². The fourth-order valence-electron chi connectivity index (χ4n) is 7.39. The van der Waals surface area contributed by atoms with Crippen LogP contribution in [-0.2, 0) is 46.5 Å². The lowest BCUT2D eigenvalue weighted by molar-refractivity contribution is -0.216. The van der Waals surface area contributed by atoms with E-state index < -0.39 is 83.5 Å². The molecule has 7 N–H and O–H groups in total. The molecule has 66 heavy (non-hydrogen) atoms. The second-order valence-electron chi connectivity index (χ2n) is 17.2. The van der Waals surface area contributed by atoms with Crippen LogP contribution in [-0.4, -0.2) is 115 Å². The zero-order valence-electron chi connectivity index (χ0n) is 39.3. The zero-order chi connectivity index (χ0) is 48.6. The molecule has 1 saturated carbocycles. The Morgan fingerprint density at radius 2 is 1.06 bits per heavy atom. The van der Waals surface area contributed by atoms with Crippen molar-refractivity contribution in [3.8, 4) is 0 Å². The first-order valence-corrected chi connectivity index (χ1v) is 27.3. The minimum absolute atomic E-state index is 0.0144. The van der Waals surface area contributed by atoms with Crippen molar-refractivity contribution in [2.24, 2.45) is 0 Å². The van der Waals surface area contributed by atoms with E-state index in [2.05, 4.69) is 67.0 Å². The van der Waals surface area contributed by atoms with E-state index >= 15 is 0 Å².